The molecule has 2 rings (SSSR count). The van der Waals surface area contributed by atoms with Crippen LogP contribution in [-0.2, 0) is 14.3 Å². The first kappa shape index (κ1) is 15.7. The van der Waals surface area contributed by atoms with E-state index in [2.05, 4.69) is 6.08 Å². The molecule has 3 heteroatoms. The van der Waals surface area contributed by atoms with Crippen LogP contribution in [0.2, 0.25) is 0 Å². The number of carbonyl (C=O) groups is 1. The predicted octanol–water partition coefficient (Wildman–Crippen LogP) is 4.01. The van der Waals surface area contributed by atoms with E-state index in [-0.39, 0.29) is 11.9 Å². The molecule has 1 heterocycles. The van der Waals surface area contributed by atoms with E-state index in [1.807, 2.05) is 26.8 Å². The van der Waals surface area contributed by atoms with Gasteiger partial charge in [-0.15, -0.1) is 0 Å². The van der Waals surface area contributed by atoms with E-state index in [9.17, 15) is 4.79 Å². The number of allylic oxidation sites excluding steroid dienone is 2. The molecule has 0 unspecified atom stereocenters. The maximum absolute atomic E-state index is 12.5. The van der Waals surface area contributed by atoms with Crippen LogP contribution in [0, 0.1) is 5.41 Å². The second kappa shape index (κ2) is 6.40. The molecule has 20 heavy (non-hydrogen) atoms. The molecule has 0 aromatic carbocycles. The molecule has 2 aliphatic rings. The fourth-order valence-electron chi connectivity index (χ4n) is 3.27. The number of carbonyl (C=O) groups excluding carboxylic acids is 1. The summed E-state index contributed by atoms with van der Waals surface area (Å²) in [6.45, 7) is 6.77. The van der Waals surface area contributed by atoms with Gasteiger partial charge >= 0.3 is 0 Å². The van der Waals surface area contributed by atoms with Crippen molar-refractivity contribution < 1.29 is 14.3 Å². The van der Waals surface area contributed by atoms with Crippen molar-refractivity contribution in [2.45, 2.75) is 77.6 Å². The number of ketones is 1. The van der Waals surface area contributed by atoms with E-state index in [0.29, 0.717) is 12.2 Å². The summed E-state index contributed by atoms with van der Waals surface area (Å²) in [5, 5.41) is 0. The normalized spacial score (nSPS) is 26.4. The van der Waals surface area contributed by atoms with Gasteiger partial charge < -0.3 is 9.47 Å². The molecular weight excluding hydrogens is 252 g/mol. The van der Waals surface area contributed by atoms with E-state index < -0.39 is 5.41 Å². The highest BCUT2D eigenvalue weighted by molar-refractivity contribution is 5.84. The fraction of sp³-hybridized carbons (Fsp3) is 0.824. The Bertz CT molecular complexity index is 364. The van der Waals surface area contributed by atoms with Gasteiger partial charge in [0.25, 0.3) is 0 Å². The van der Waals surface area contributed by atoms with E-state index in [4.69, 9.17) is 9.47 Å². The Kier molecular flexibility index (Phi) is 5.03. The third-order valence-electron chi connectivity index (χ3n) is 4.76. The Hall–Kier alpha value is -0.670. The van der Waals surface area contributed by atoms with Crippen molar-refractivity contribution in [3.8, 4) is 0 Å². The molecule has 0 aromatic heterocycles. The maximum Gasteiger partial charge on any atom is 0.168 e. The summed E-state index contributed by atoms with van der Waals surface area (Å²) < 4.78 is 12.2. The number of rotatable bonds is 5. The molecule has 0 amide bonds. The lowest BCUT2D eigenvalue weighted by Crippen LogP contribution is -2.50. The van der Waals surface area contributed by atoms with E-state index in [1.165, 1.54) is 12.8 Å². The molecule has 3 nitrogen and oxygen atoms in total. The lowest BCUT2D eigenvalue weighted by Gasteiger charge is -2.44. The van der Waals surface area contributed by atoms with Gasteiger partial charge in [-0.1, -0.05) is 26.0 Å². The van der Waals surface area contributed by atoms with Crippen LogP contribution in [0.1, 0.15) is 65.7 Å². The first-order valence-electron chi connectivity index (χ1n) is 7.96. The summed E-state index contributed by atoms with van der Waals surface area (Å²) in [6, 6.07) is 0. The largest absolute Gasteiger partial charge is 0.350 e. The van der Waals surface area contributed by atoms with Gasteiger partial charge in [0.1, 0.15) is 5.78 Å². The molecule has 1 aliphatic carbocycles. The molecule has 0 bridgehead atoms. The molecule has 1 atom stereocenters. The summed E-state index contributed by atoms with van der Waals surface area (Å²) in [7, 11) is 0. The lowest BCUT2D eigenvalue weighted by molar-refractivity contribution is -0.303. The second-order valence-corrected chi connectivity index (χ2v) is 6.61. The zero-order chi connectivity index (χ0) is 14.6. The Balaban J connectivity index is 1.98. The third-order valence-corrected chi connectivity index (χ3v) is 4.76. The molecular formula is C17H28O3. The van der Waals surface area contributed by atoms with Crippen LogP contribution >= 0.6 is 0 Å². The van der Waals surface area contributed by atoms with Gasteiger partial charge in [0, 0.05) is 24.7 Å². The van der Waals surface area contributed by atoms with Crippen molar-refractivity contribution in [2.24, 2.45) is 5.41 Å². The van der Waals surface area contributed by atoms with Gasteiger partial charge in [-0.25, -0.2) is 0 Å². The van der Waals surface area contributed by atoms with Crippen molar-refractivity contribution in [3.05, 3.63) is 12.2 Å². The van der Waals surface area contributed by atoms with Crippen molar-refractivity contribution in [1.82, 2.24) is 0 Å². The Morgan fingerprint density at radius 1 is 1.35 bits per heavy atom. The van der Waals surface area contributed by atoms with Crippen molar-refractivity contribution in [2.75, 3.05) is 6.61 Å². The fourth-order valence-corrected chi connectivity index (χ4v) is 3.27. The van der Waals surface area contributed by atoms with Crippen LogP contribution in [0.5, 0.6) is 0 Å². The van der Waals surface area contributed by atoms with E-state index in [1.54, 1.807) is 0 Å². The molecule has 1 saturated carbocycles. The smallest absolute Gasteiger partial charge is 0.168 e. The maximum atomic E-state index is 12.5. The first-order valence-corrected chi connectivity index (χ1v) is 7.96. The molecule has 0 radical (unpaired) electrons. The van der Waals surface area contributed by atoms with Gasteiger partial charge in [0.15, 0.2) is 5.79 Å². The Morgan fingerprint density at radius 2 is 2.05 bits per heavy atom. The van der Waals surface area contributed by atoms with Crippen molar-refractivity contribution in [3.63, 3.8) is 0 Å². The average Bonchev–Trinajstić information content (AvgIpc) is 2.87. The molecule has 114 valence electrons. The zero-order valence-corrected chi connectivity index (χ0v) is 13.1. The molecule has 1 aliphatic heterocycles. The quantitative estimate of drug-likeness (QED) is 0.714. The van der Waals surface area contributed by atoms with Crippen LogP contribution in [0.3, 0.4) is 0 Å². The van der Waals surface area contributed by atoms with Gasteiger partial charge in [0.05, 0.1) is 12.7 Å². The van der Waals surface area contributed by atoms with Gasteiger partial charge in [-0.3, -0.25) is 4.79 Å². The minimum atomic E-state index is -0.416. The minimum Gasteiger partial charge on any atom is -0.350 e. The standard InChI is InChI=1S/C17H28O3/c1-4-5-6-9-14(18)16(2,3)15-10-13-19-17(20-15)11-7-8-12-17/h4-5,15H,6-13H2,1-3H3/t15-/m0/s1. The van der Waals surface area contributed by atoms with Gasteiger partial charge in [-0.2, -0.15) is 0 Å². The number of hydrogen-bond donors (Lipinski definition) is 0. The monoisotopic (exact) mass is 280 g/mol. The molecule has 1 saturated heterocycles. The van der Waals surface area contributed by atoms with Crippen LogP contribution in [0.4, 0.5) is 0 Å². The highest BCUT2D eigenvalue weighted by Gasteiger charge is 2.47. The molecule has 1 spiro atoms. The third kappa shape index (κ3) is 3.32. The minimum absolute atomic E-state index is 0.00699. The average molecular weight is 280 g/mol. The SMILES string of the molecule is CC=CCCC(=O)C(C)(C)[C@@H]1CCOC2(CCCC2)O1. The summed E-state index contributed by atoms with van der Waals surface area (Å²) in [4.78, 5) is 12.5. The summed E-state index contributed by atoms with van der Waals surface area (Å²) in [5.41, 5.74) is -0.416. The number of hydrogen-bond acceptors (Lipinski definition) is 3. The zero-order valence-electron chi connectivity index (χ0n) is 13.1. The summed E-state index contributed by atoms with van der Waals surface area (Å²) in [5.74, 6) is -0.0836. The molecule has 2 fully saturated rings. The first-order chi connectivity index (χ1) is 9.50. The molecule has 0 N–H and O–H groups in total. The second-order valence-electron chi connectivity index (χ2n) is 6.61. The molecule has 0 aromatic rings. The predicted molar refractivity (Wildman–Crippen MR) is 79.5 cm³/mol. The summed E-state index contributed by atoms with van der Waals surface area (Å²) >= 11 is 0. The highest BCUT2D eigenvalue weighted by atomic mass is 16.7. The van der Waals surface area contributed by atoms with Crippen LogP contribution in [0.15, 0.2) is 12.2 Å². The van der Waals surface area contributed by atoms with Gasteiger partial charge in [-0.05, 0) is 32.6 Å². The number of ether oxygens (including phenoxy) is 2. The van der Waals surface area contributed by atoms with E-state index >= 15 is 0 Å². The Morgan fingerprint density at radius 3 is 2.70 bits per heavy atom. The van der Waals surface area contributed by atoms with Crippen LogP contribution in [0.25, 0.3) is 0 Å². The van der Waals surface area contributed by atoms with Crippen LogP contribution < -0.4 is 0 Å². The topological polar surface area (TPSA) is 35.5 Å². The number of Topliss-reactive ketones (excluding diaryl/α,β-unsaturated/α-hetero) is 1. The summed E-state index contributed by atoms with van der Waals surface area (Å²) in [6.07, 6.45) is 10.6. The van der Waals surface area contributed by atoms with Gasteiger partial charge in [0.2, 0.25) is 0 Å². The van der Waals surface area contributed by atoms with E-state index in [0.717, 1.165) is 32.3 Å². The Labute approximate surface area is 122 Å². The van der Waals surface area contributed by atoms with Crippen LogP contribution in [-0.4, -0.2) is 24.3 Å². The van der Waals surface area contributed by atoms with Crippen molar-refractivity contribution >= 4 is 5.78 Å². The van der Waals surface area contributed by atoms with Crippen molar-refractivity contribution in [1.29, 1.82) is 0 Å². The highest BCUT2D eigenvalue weighted by Crippen LogP contribution is 2.43. The lowest BCUT2D eigenvalue weighted by atomic mass is 9.78.